The second-order valence-electron chi connectivity index (χ2n) is 5.57. The molecule has 0 bridgehead atoms. The number of fused-ring (bicyclic) bond motifs is 3. The van der Waals surface area contributed by atoms with Gasteiger partial charge < -0.3 is 19.8 Å². The lowest BCUT2D eigenvalue weighted by Gasteiger charge is -2.17. The monoisotopic (exact) mass is 336 g/mol. The Kier molecular flexibility index (Phi) is 3.29. The van der Waals surface area contributed by atoms with Gasteiger partial charge in [0.2, 0.25) is 0 Å². The van der Waals surface area contributed by atoms with Gasteiger partial charge in [0.1, 0.15) is 30.8 Å². The first kappa shape index (κ1) is 14.7. The van der Waals surface area contributed by atoms with Crippen LogP contribution in [0.15, 0.2) is 24.4 Å². The number of cyclic esters (lactones) is 1. The Labute approximate surface area is 135 Å². The zero-order valence-electron chi connectivity index (χ0n) is 12.5. The maximum Gasteiger partial charge on any atom is 0.416 e. The third kappa shape index (κ3) is 2.24. The number of ether oxygens (including phenoxy) is 2. The van der Waals surface area contributed by atoms with E-state index in [1.54, 1.807) is 29.0 Å². The molecule has 4 rings (SSSR count). The number of alkyl halides is 2. The fourth-order valence-electron chi connectivity index (χ4n) is 2.89. The van der Waals surface area contributed by atoms with Gasteiger partial charge in [-0.1, -0.05) is 0 Å². The average molecular weight is 336 g/mol. The van der Waals surface area contributed by atoms with Crippen LogP contribution in [0.4, 0.5) is 25.1 Å². The first-order valence-electron chi connectivity index (χ1n) is 7.38. The van der Waals surface area contributed by atoms with Crippen LogP contribution in [0.3, 0.4) is 0 Å². The summed E-state index contributed by atoms with van der Waals surface area (Å²) in [5.41, 5.74) is 7.01. The molecule has 1 amide bonds. The van der Waals surface area contributed by atoms with Crippen molar-refractivity contribution in [1.82, 2.24) is 9.55 Å². The van der Waals surface area contributed by atoms with Gasteiger partial charge in [-0.25, -0.2) is 23.5 Å². The standard InChI is InChI=1S/C15H14F2N4O3/c16-13(17)10-7-24-15(22)21(10)12-6-20-3-4-23-11-5-8(18)1-2-9(11)14(20)19-12/h1-2,5-6,10,13H,3-4,7,18H2/t10-/m0/s1. The number of nitrogen functional groups attached to an aromatic ring is 1. The minimum Gasteiger partial charge on any atom is -0.491 e. The molecular formula is C15H14F2N4O3. The Bertz CT molecular complexity index is 808. The second kappa shape index (κ2) is 5.36. The van der Waals surface area contributed by atoms with Crippen LogP contribution >= 0.6 is 0 Å². The summed E-state index contributed by atoms with van der Waals surface area (Å²) in [4.78, 5) is 17.1. The summed E-state index contributed by atoms with van der Waals surface area (Å²) in [5, 5.41) is 0. The van der Waals surface area contributed by atoms with Gasteiger partial charge in [0, 0.05) is 18.0 Å². The lowest BCUT2D eigenvalue weighted by molar-refractivity contribution is 0.104. The molecule has 2 aliphatic rings. The van der Waals surface area contributed by atoms with E-state index < -0.39 is 18.6 Å². The lowest BCUT2D eigenvalue weighted by atomic mass is 10.1. The van der Waals surface area contributed by atoms with E-state index in [1.807, 2.05) is 0 Å². The van der Waals surface area contributed by atoms with Crippen LogP contribution in [0.5, 0.6) is 5.75 Å². The van der Waals surface area contributed by atoms with Gasteiger partial charge in [-0.05, 0) is 12.1 Å². The Balaban J connectivity index is 1.79. The van der Waals surface area contributed by atoms with Crippen molar-refractivity contribution in [3.8, 4) is 17.1 Å². The summed E-state index contributed by atoms with van der Waals surface area (Å²) >= 11 is 0. The van der Waals surface area contributed by atoms with Crippen LogP contribution in [0.25, 0.3) is 11.4 Å². The molecule has 1 aromatic carbocycles. The van der Waals surface area contributed by atoms with Crippen molar-refractivity contribution < 1.29 is 23.0 Å². The second-order valence-corrected chi connectivity index (χ2v) is 5.57. The van der Waals surface area contributed by atoms with Gasteiger partial charge >= 0.3 is 6.09 Å². The summed E-state index contributed by atoms with van der Waals surface area (Å²) in [7, 11) is 0. The molecule has 7 nitrogen and oxygen atoms in total. The van der Waals surface area contributed by atoms with Crippen molar-refractivity contribution in [3.05, 3.63) is 24.4 Å². The summed E-state index contributed by atoms with van der Waals surface area (Å²) in [6.07, 6.45) is -1.97. The number of nitrogens with zero attached hydrogens (tertiary/aromatic N) is 3. The summed E-state index contributed by atoms with van der Waals surface area (Å²) in [6, 6.07) is 3.81. The Hall–Kier alpha value is -2.84. The molecule has 0 spiro atoms. The van der Waals surface area contributed by atoms with E-state index >= 15 is 0 Å². The quantitative estimate of drug-likeness (QED) is 0.850. The minimum absolute atomic E-state index is 0.141. The highest BCUT2D eigenvalue weighted by Crippen LogP contribution is 2.36. The molecule has 3 heterocycles. The summed E-state index contributed by atoms with van der Waals surface area (Å²) in [5.74, 6) is 1.24. The average Bonchev–Trinajstić information content (AvgIpc) is 3.07. The normalized spacial score (nSPS) is 19.5. The highest BCUT2D eigenvalue weighted by atomic mass is 19.3. The van der Waals surface area contributed by atoms with E-state index in [1.165, 1.54) is 0 Å². The predicted octanol–water partition coefficient (Wildman–Crippen LogP) is 2.12. The molecule has 1 saturated heterocycles. The molecular weight excluding hydrogens is 322 g/mol. The number of amides is 1. The fourth-order valence-corrected chi connectivity index (χ4v) is 2.89. The first-order valence-corrected chi connectivity index (χ1v) is 7.38. The number of carbonyl (C=O) groups is 1. The van der Waals surface area contributed by atoms with Crippen molar-refractivity contribution in [2.24, 2.45) is 0 Å². The molecule has 0 saturated carbocycles. The predicted molar refractivity (Wildman–Crippen MR) is 81.2 cm³/mol. The number of benzene rings is 1. The van der Waals surface area contributed by atoms with Gasteiger partial charge in [-0.15, -0.1) is 0 Å². The van der Waals surface area contributed by atoms with Crippen molar-refractivity contribution in [1.29, 1.82) is 0 Å². The van der Waals surface area contributed by atoms with Crippen LogP contribution in [0.1, 0.15) is 0 Å². The largest absolute Gasteiger partial charge is 0.491 e. The van der Waals surface area contributed by atoms with Gasteiger partial charge in [-0.2, -0.15) is 0 Å². The number of hydrogen-bond donors (Lipinski definition) is 1. The van der Waals surface area contributed by atoms with Gasteiger partial charge in [-0.3, -0.25) is 0 Å². The van der Waals surface area contributed by atoms with E-state index in [9.17, 15) is 13.6 Å². The molecule has 0 radical (unpaired) electrons. The smallest absolute Gasteiger partial charge is 0.416 e. The van der Waals surface area contributed by atoms with Crippen LogP contribution < -0.4 is 15.4 Å². The SMILES string of the molecule is Nc1ccc2c(c1)OCCn1cc(N3C(=O)OC[C@H]3C(F)F)nc1-2. The third-order valence-corrected chi connectivity index (χ3v) is 4.04. The maximum atomic E-state index is 13.1. The summed E-state index contributed by atoms with van der Waals surface area (Å²) in [6.45, 7) is 0.496. The van der Waals surface area contributed by atoms with Crippen molar-refractivity contribution in [2.75, 3.05) is 23.8 Å². The highest BCUT2D eigenvalue weighted by Gasteiger charge is 2.42. The van der Waals surface area contributed by atoms with Crippen LogP contribution in [0.2, 0.25) is 0 Å². The number of nitrogens with two attached hydrogens (primary N) is 1. The number of imidazole rings is 1. The maximum absolute atomic E-state index is 13.1. The van der Waals surface area contributed by atoms with Crippen molar-refractivity contribution in [3.63, 3.8) is 0 Å². The highest BCUT2D eigenvalue weighted by molar-refractivity contribution is 5.89. The van der Waals surface area contributed by atoms with Crippen LogP contribution in [-0.4, -0.2) is 41.3 Å². The number of hydrogen-bond acceptors (Lipinski definition) is 5. The van der Waals surface area contributed by atoms with E-state index in [-0.39, 0.29) is 12.4 Å². The molecule has 2 aliphatic heterocycles. The van der Waals surface area contributed by atoms with Gasteiger partial charge in [0.05, 0.1) is 12.1 Å². The van der Waals surface area contributed by atoms with Crippen molar-refractivity contribution in [2.45, 2.75) is 19.0 Å². The Morgan fingerprint density at radius 2 is 2.17 bits per heavy atom. The number of carbonyl (C=O) groups excluding carboxylic acids is 1. The van der Waals surface area contributed by atoms with E-state index in [0.29, 0.717) is 36.0 Å². The molecule has 0 unspecified atom stereocenters. The fraction of sp³-hybridized carbons (Fsp3) is 0.333. The van der Waals surface area contributed by atoms with E-state index in [2.05, 4.69) is 4.98 Å². The first-order chi connectivity index (χ1) is 11.5. The van der Waals surface area contributed by atoms with Gasteiger partial charge in [0.15, 0.2) is 5.82 Å². The molecule has 2 N–H and O–H groups in total. The zero-order chi connectivity index (χ0) is 16.8. The third-order valence-electron chi connectivity index (χ3n) is 4.04. The minimum atomic E-state index is -2.71. The molecule has 1 fully saturated rings. The molecule has 9 heteroatoms. The molecule has 1 aromatic heterocycles. The Morgan fingerprint density at radius 1 is 1.33 bits per heavy atom. The zero-order valence-corrected chi connectivity index (χ0v) is 12.5. The summed E-state index contributed by atoms with van der Waals surface area (Å²) < 4.78 is 38.4. The molecule has 126 valence electrons. The van der Waals surface area contributed by atoms with Crippen LogP contribution in [-0.2, 0) is 11.3 Å². The number of aromatic nitrogens is 2. The number of halogens is 2. The Morgan fingerprint density at radius 3 is 2.96 bits per heavy atom. The van der Waals surface area contributed by atoms with Gasteiger partial charge in [0.25, 0.3) is 6.43 Å². The van der Waals surface area contributed by atoms with Crippen molar-refractivity contribution >= 4 is 17.6 Å². The number of anilines is 2. The van der Waals surface area contributed by atoms with Crippen LogP contribution in [0, 0.1) is 0 Å². The molecule has 2 aromatic rings. The molecule has 0 aliphatic carbocycles. The molecule has 1 atom stereocenters. The van der Waals surface area contributed by atoms with E-state index in [4.69, 9.17) is 15.2 Å². The lowest BCUT2D eigenvalue weighted by Crippen LogP contribution is -2.38. The topological polar surface area (TPSA) is 82.6 Å². The molecule has 24 heavy (non-hydrogen) atoms. The van der Waals surface area contributed by atoms with E-state index in [0.717, 1.165) is 4.90 Å². The number of rotatable bonds is 2.